The summed E-state index contributed by atoms with van der Waals surface area (Å²) in [7, 11) is -2.24. The van der Waals surface area contributed by atoms with Crippen LogP contribution in [-0.4, -0.2) is 53.8 Å². The number of amides is 2. The Morgan fingerprint density at radius 1 is 1.16 bits per heavy atom. The van der Waals surface area contributed by atoms with E-state index < -0.39 is 21.5 Å². The highest BCUT2D eigenvalue weighted by atomic mass is 35.5. The van der Waals surface area contributed by atoms with Gasteiger partial charge >= 0.3 is 0 Å². The van der Waals surface area contributed by atoms with Gasteiger partial charge in [0.05, 0.1) is 18.1 Å². The van der Waals surface area contributed by atoms with Crippen molar-refractivity contribution in [1.82, 2.24) is 19.8 Å². The first kappa shape index (κ1) is 26.2. The van der Waals surface area contributed by atoms with Crippen LogP contribution in [0.25, 0.3) is 0 Å². The molecule has 1 aromatic heterocycles. The molecule has 1 atom stereocenters. The number of aromatic nitrogens is 2. The van der Waals surface area contributed by atoms with E-state index in [0.29, 0.717) is 42.2 Å². The van der Waals surface area contributed by atoms with Crippen LogP contribution in [0.2, 0.25) is 5.02 Å². The molecule has 1 saturated heterocycles. The molecule has 3 aromatic rings. The largest absolute Gasteiger partial charge is 0.348 e. The highest BCUT2D eigenvalue weighted by Crippen LogP contribution is 2.53. The van der Waals surface area contributed by atoms with Crippen LogP contribution in [0.3, 0.4) is 0 Å². The summed E-state index contributed by atoms with van der Waals surface area (Å²) < 4.78 is 30.7. The van der Waals surface area contributed by atoms with Crippen molar-refractivity contribution in [3.8, 4) is 0 Å². The van der Waals surface area contributed by atoms with Crippen LogP contribution in [-0.2, 0) is 33.8 Å². The van der Waals surface area contributed by atoms with E-state index in [1.165, 1.54) is 16.8 Å². The van der Waals surface area contributed by atoms with E-state index in [0.717, 1.165) is 11.1 Å². The Hall–Kier alpha value is -3.37. The molecule has 1 unspecified atom stereocenters. The second kappa shape index (κ2) is 9.74. The Morgan fingerprint density at radius 3 is 2.50 bits per heavy atom. The van der Waals surface area contributed by atoms with Crippen molar-refractivity contribution >= 4 is 39.1 Å². The van der Waals surface area contributed by atoms with Crippen molar-refractivity contribution in [3.05, 3.63) is 76.7 Å². The van der Waals surface area contributed by atoms with Crippen LogP contribution in [0.15, 0.2) is 60.0 Å². The van der Waals surface area contributed by atoms with E-state index >= 15 is 0 Å². The van der Waals surface area contributed by atoms with Gasteiger partial charge in [-0.1, -0.05) is 29.8 Å². The van der Waals surface area contributed by atoms with Gasteiger partial charge in [0.25, 0.3) is 15.9 Å². The van der Waals surface area contributed by atoms with E-state index in [9.17, 15) is 18.0 Å². The molecule has 0 radical (unpaired) electrons. The summed E-state index contributed by atoms with van der Waals surface area (Å²) >= 11 is 6.24. The molecule has 1 spiro atoms. The van der Waals surface area contributed by atoms with Crippen LogP contribution in [0.5, 0.6) is 0 Å². The van der Waals surface area contributed by atoms with Crippen LogP contribution < -0.4 is 9.62 Å². The van der Waals surface area contributed by atoms with Gasteiger partial charge in [0.15, 0.2) is 5.03 Å². The Bertz CT molecular complexity index is 1510. The van der Waals surface area contributed by atoms with E-state index in [-0.39, 0.29) is 23.4 Å². The summed E-state index contributed by atoms with van der Waals surface area (Å²) in [6, 6.07) is 12.1. The van der Waals surface area contributed by atoms with Crippen LogP contribution in [0, 0.1) is 0 Å². The maximum absolute atomic E-state index is 13.8. The zero-order valence-electron chi connectivity index (χ0n) is 21.5. The predicted molar refractivity (Wildman–Crippen MR) is 145 cm³/mol. The summed E-state index contributed by atoms with van der Waals surface area (Å²) in [5.74, 6) is -0.279. The number of fused-ring (bicyclic) bond motifs is 2. The molecule has 9 nitrogen and oxygen atoms in total. The molecule has 5 rings (SSSR count). The molecule has 0 saturated carbocycles. The standard InChI is InChI=1S/C27H30ClN5O4S/c1-18-27(10-12-32(13-11-27)19(2)34)22-14-20(26(35)29-15-21-6-4-5-7-23(21)28)8-9-24(22)33(18)38(36,37)25-16-31(3)17-30-25/h4-9,14,16-18H,10-13,15H2,1-3H3,(H,29,35). The number of halogens is 1. The Labute approximate surface area is 227 Å². The first-order valence-corrected chi connectivity index (χ1v) is 14.3. The molecule has 11 heteroatoms. The fourth-order valence-electron chi connectivity index (χ4n) is 5.71. The Morgan fingerprint density at radius 2 is 1.87 bits per heavy atom. The molecule has 1 N–H and O–H groups in total. The lowest BCUT2D eigenvalue weighted by Gasteiger charge is -2.43. The quantitative estimate of drug-likeness (QED) is 0.519. The summed E-state index contributed by atoms with van der Waals surface area (Å²) in [5, 5.41) is 3.46. The van der Waals surface area contributed by atoms with E-state index in [4.69, 9.17) is 11.6 Å². The first-order valence-electron chi connectivity index (χ1n) is 12.5. The number of carbonyl (C=O) groups is 2. The molecule has 1 fully saturated rings. The van der Waals surface area contributed by atoms with Gasteiger partial charge < -0.3 is 14.8 Å². The SMILES string of the molecule is CC(=O)N1CCC2(CC1)c1cc(C(=O)NCc3ccccc3Cl)ccc1N(S(=O)(=O)c1cn(C)cn1)C2C. The molecule has 3 heterocycles. The van der Waals surface area contributed by atoms with Gasteiger partial charge in [-0.25, -0.2) is 4.98 Å². The number of hydrogen-bond acceptors (Lipinski definition) is 5. The van der Waals surface area contributed by atoms with Crippen molar-refractivity contribution in [2.24, 2.45) is 7.05 Å². The maximum Gasteiger partial charge on any atom is 0.283 e. The summed E-state index contributed by atoms with van der Waals surface area (Å²) in [4.78, 5) is 31.1. The monoisotopic (exact) mass is 555 g/mol. The molecular formula is C27H30ClN5O4S. The average molecular weight is 556 g/mol. The van der Waals surface area contributed by atoms with Gasteiger partial charge in [-0.15, -0.1) is 0 Å². The molecule has 200 valence electrons. The first-order chi connectivity index (χ1) is 18.0. The van der Waals surface area contributed by atoms with Crippen molar-refractivity contribution in [1.29, 1.82) is 0 Å². The second-order valence-electron chi connectivity index (χ2n) is 10.0. The van der Waals surface area contributed by atoms with Crippen molar-refractivity contribution < 1.29 is 18.0 Å². The molecule has 2 aromatic carbocycles. The third kappa shape index (κ3) is 4.35. The normalized spacial score (nSPS) is 18.5. The fraction of sp³-hybridized carbons (Fsp3) is 0.370. The summed E-state index contributed by atoms with van der Waals surface area (Å²) in [6.45, 7) is 4.74. The topological polar surface area (TPSA) is 105 Å². The molecule has 0 aliphatic carbocycles. The van der Waals surface area contributed by atoms with Crippen LogP contribution >= 0.6 is 11.6 Å². The molecule has 38 heavy (non-hydrogen) atoms. The number of rotatable bonds is 5. The molecule has 0 bridgehead atoms. The fourth-order valence-corrected chi connectivity index (χ4v) is 7.63. The lowest BCUT2D eigenvalue weighted by atomic mass is 9.70. The van der Waals surface area contributed by atoms with E-state index in [2.05, 4.69) is 10.3 Å². The minimum Gasteiger partial charge on any atom is -0.348 e. The summed E-state index contributed by atoms with van der Waals surface area (Å²) in [6.07, 6.45) is 4.11. The number of hydrogen-bond donors (Lipinski definition) is 1. The lowest BCUT2D eigenvalue weighted by molar-refractivity contribution is -0.130. The van der Waals surface area contributed by atoms with E-state index in [1.807, 2.05) is 31.2 Å². The smallest absolute Gasteiger partial charge is 0.283 e. The minimum atomic E-state index is -3.96. The number of imidazole rings is 1. The number of nitrogens with one attached hydrogen (secondary N) is 1. The third-order valence-electron chi connectivity index (χ3n) is 7.89. The highest BCUT2D eigenvalue weighted by Gasteiger charge is 2.54. The second-order valence-corrected chi connectivity index (χ2v) is 12.2. The minimum absolute atomic E-state index is 0.00334. The van der Waals surface area contributed by atoms with Crippen molar-refractivity contribution in [3.63, 3.8) is 0 Å². The van der Waals surface area contributed by atoms with Crippen molar-refractivity contribution in [2.75, 3.05) is 17.4 Å². The predicted octanol–water partition coefficient (Wildman–Crippen LogP) is 3.48. The van der Waals surface area contributed by atoms with E-state index in [1.54, 1.807) is 41.6 Å². The molecular weight excluding hydrogens is 526 g/mol. The van der Waals surface area contributed by atoms with Gasteiger partial charge in [-0.05, 0) is 55.2 Å². The van der Waals surface area contributed by atoms with Crippen molar-refractivity contribution in [2.45, 2.75) is 49.7 Å². The molecule has 2 aliphatic heterocycles. The highest BCUT2D eigenvalue weighted by molar-refractivity contribution is 7.92. The van der Waals surface area contributed by atoms with Gasteiger partial charge in [0.2, 0.25) is 5.91 Å². The number of benzene rings is 2. The third-order valence-corrected chi connectivity index (χ3v) is 10.0. The Kier molecular flexibility index (Phi) is 6.73. The lowest BCUT2D eigenvalue weighted by Crippen LogP contribution is -2.52. The number of aryl methyl sites for hydroxylation is 1. The number of piperidine rings is 1. The number of sulfonamides is 1. The number of nitrogens with zero attached hydrogens (tertiary/aromatic N) is 4. The van der Waals surface area contributed by atoms with Gasteiger partial charge in [0, 0.05) is 55.8 Å². The number of anilines is 1. The average Bonchev–Trinajstić information content (AvgIpc) is 3.44. The van der Waals surface area contributed by atoms with Crippen LogP contribution in [0.1, 0.15) is 48.2 Å². The zero-order chi connectivity index (χ0) is 27.2. The maximum atomic E-state index is 13.8. The van der Waals surface area contributed by atoms with Crippen LogP contribution in [0.4, 0.5) is 5.69 Å². The van der Waals surface area contributed by atoms with Gasteiger partial charge in [-0.2, -0.15) is 8.42 Å². The molecule has 2 aliphatic rings. The Balaban J connectivity index is 1.53. The summed E-state index contributed by atoms with van der Waals surface area (Å²) in [5.41, 5.74) is 2.04. The van der Waals surface area contributed by atoms with Gasteiger partial charge in [0.1, 0.15) is 0 Å². The zero-order valence-corrected chi connectivity index (χ0v) is 23.1. The number of carbonyl (C=O) groups excluding carboxylic acids is 2. The molecule has 2 amide bonds. The number of likely N-dealkylation sites (tertiary alicyclic amines) is 1. The van der Waals surface area contributed by atoms with Gasteiger partial charge in [-0.3, -0.25) is 13.9 Å².